The van der Waals surface area contributed by atoms with Crippen LogP contribution in [0.3, 0.4) is 0 Å². The van der Waals surface area contributed by atoms with Crippen molar-refractivity contribution in [1.29, 1.82) is 0 Å². The minimum Gasteiger partial charge on any atom is -0.456 e. The molecule has 0 aliphatic carbocycles. The van der Waals surface area contributed by atoms with Gasteiger partial charge in [0.15, 0.2) is 0 Å². The molecule has 0 aromatic rings. The number of quaternary nitrogens is 1. The number of nitrogens with zero attached hydrogens (tertiary/aromatic N) is 1. The van der Waals surface area contributed by atoms with Gasteiger partial charge in [-0.15, -0.1) is 0 Å². The van der Waals surface area contributed by atoms with Crippen LogP contribution >= 0.6 is 7.82 Å². The van der Waals surface area contributed by atoms with Gasteiger partial charge in [0.25, 0.3) is 0 Å². The largest absolute Gasteiger partial charge is 0.472 e. The third kappa shape index (κ3) is 59.4. The Labute approximate surface area is 488 Å². The van der Waals surface area contributed by atoms with Gasteiger partial charge in [0.05, 0.1) is 33.8 Å². The molecular weight excluding hydrogens is 1000 g/mol. The van der Waals surface area contributed by atoms with Crippen LogP contribution in [0.25, 0.3) is 0 Å². The molecule has 0 heterocycles. The van der Waals surface area contributed by atoms with E-state index >= 15 is 0 Å². The lowest BCUT2D eigenvalue weighted by Crippen LogP contribution is -2.47. The van der Waals surface area contributed by atoms with Crippen molar-refractivity contribution < 1.29 is 37.3 Å². The number of hydrogen-bond donors (Lipinski definition) is 2. The fourth-order valence-corrected chi connectivity index (χ4v) is 9.67. The maximum atomic E-state index is 13.6. The van der Waals surface area contributed by atoms with Gasteiger partial charge >= 0.3 is 13.8 Å². The van der Waals surface area contributed by atoms with Gasteiger partial charge in [-0.3, -0.25) is 18.6 Å². The second-order valence-electron chi connectivity index (χ2n) is 22.9. The van der Waals surface area contributed by atoms with Crippen molar-refractivity contribution in [1.82, 2.24) is 5.32 Å². The summed E-state index contributed by atoms with van der Waals surface area (Å²) in [5.41, 5.74) is 0. The molecular formula is C69H124N2O7P+. The Morgan fingerprint density at radius 1 is 0.443 bits per heavy atom. The van der Waals surface area contributed by atoms with Crippen molar-refractivity contribution in [2.75, 3.05) is 40.9 Å². The average Bonchev–Trinajstić information content (AvgIpc) is 3.41. The lowest BCUT2D eigenvalue weighted by molar-refractivity contribution is -0.870. The van der Waals surface area contributed by atoms with Gasteiger partial charge in [0.2, 0.25) is 5.91 Å². The number of phosphoric acid groups is 1. The van der Waals surface area contributed by atoms with Crippen LogP contribution in [-0.4, -0.2) is 74.3 Å². The SMILES string of the molecule is CCCCC/C=C\C/C=C\C/C=C\C/C=C\CCCCCCCCCC(=O)NC(COP(=O)(O)OCC[N+](C)(C)C)C(/C=C\CCCCCCCCCCC)OC(=O)CCCCCCCC/C=C\C/C=C\C/C=C\CCCCC. The first-order valence-electron chi connectivity index (χ1n) is 32.6. The highest BCUT2D eigenvalue weighted by Crippen LogP contribution is 2.43. The van der Waals surface area contributed by atoms with Crippen molar-refractivity contribution in [3.8, 4) is 0 Å². The maximum absolute atomic E-state index is 13.6. The van der Waals surface area contributed by atoms with Crippen molar-refractivity contribution in [2.45, 2.75) is 290 Å². The number of nitrogens with one attached hydrogen (secondary N) is 1. The van der Waals surface area contributed by atoms with Gasteiger partial charge in [0.1, 0.15) is 19.3 Å². The van der Waals surface area contributed by atoms with E-state index in [0.717, 1.165) is 116 Å². The molecule has 9 nitrogen and oxygen atoms in total. The predicted octanol–water partition coefficient (Wildman–Crippen LogP) is 20.3. The van der Waals surface area contributed by atoms with Gasteiger partial charge in [-0.1, -0.05) is 247 Å². The van der Waals surface area contributed by atoms with E-state index in [4.69, 9.17) is 13.8 Å². The number of unbranched alkanes of at least 4 members (excludes halogenated alkanes) is 28. The summed E-state index contributed by atoms with van der Waals surface area (Å²) in [5.74, 6) is -0.534. The number of amides is 1. The molecule has 1 amide bonds. The van der Waals surface area contributed by atoms with Crippen LogP contribution < -0.4 is 5.32 Å². The molecule has 0 aromatic carbocycles. The van der Waals surface area contributed by atoms with Crippen LogP contribution in [0, 0.1) is 0 Å². The van der Waals surface area contributed by atoms with Crippen LogP contribution in [0.4, 0.5) is 0 Å². The van der Waals surface area contributed by atoms with E-state index in [1.54, 1.807) is 0 Å². The number of rotatable bonds is 58. The lowest BCUT2D eigenvalue weighted by atomic mass is 10.1. The van der Waals surface area contributed by atoms with E-state index < -0.39 is 20.0 Å². The van der Waals surface area contributed by atoms with E-state index in [0.29, 0.717) is 17.4 Å². The normalized spacial score (nSPS) is 14.3. The monoisotopic (exact) mass is 1120 g/mol. The zero-order valence-electron chi connectivity index (χ0n) is 52.1. The summed E-state index contributed by atoms with van der Waals surface area (Å²) < 4.78 is 30.7. The van der Waals surface area contributed by atoms with Gasteiger partial charge in [-0.2, -0.15) is 0 Å². The fraction of sp³-hybridized carbons (Fsp3) is 0.739. The van der Waals surface area contributed by atoms with Crippen LogP contribution in [0.5, 0.6) is 0 Å². The van der Waals surface area contributed by atoms with Gasteiger partial charge < -0.3 is 19.4 Å². The third-order valence-electron chi connectivity index (χ3n) is 14.0. The molecule has 0 bridgehead atoms. The zero-order chi connectivity index (χ0) is 57.9. The summed E-state index contributed by atoms with van der Waals surface area (Å²) in [6, 6.07) is -0.866. The Balaban J connectivity index is 5.21. The summed E-state index contributed by atoms with van der Waals surface area (Å²) in [5, 5.41) is 3.05. The highest BCUT2D eigenvalue weighted by atomic mass is 31.2. The third-order valence-corrected chi connectivity index (χ3v) is 15.0. The van der Waals surface area contributed by atoms with Crippen LogP contribution in [-0.2, 0) is 27.9 Å². The zero-order valence-corrected chi connectivity index (χ0v) is 53.0. The minimum atomic E-state index is -4.46. The molecule has 0 aromatic heterocycles. The first-order valence-corrected chi connectivity index (χ1v) is 34.1. The maximum Gasteiger partial charge on any atom is 0.472 e. The number of hydrogen-bond acceptors (Lipinski definition) is 6. The fourth-order valence-electron chi connectivity index (χ4n) is 8.93. The van der Waals surface area contributed by atoms with Gasteiger partial charge in [0, 0.05) is 12.8 Å². The Kier molecular flexibility index (Phi) is 55.9. The Bertz CT molecular complexity index is 1670. The first kappa shape index (κ1) is 75.9. The average molecular weight is 1120 g/mol. The predicted molar refractivity (Wildman–Crippen MR) is 341 cm³/mol. The molecule has 0 saturated heterocycles. The second-order valence-corrected chi connectivity index (χ2v) is 24.4. The summed E-state index contributed by atoms with van der Waals surface area (Å²) in [6.45, 7) is 6.93. The number of likely N-dealkylation sites (N-methyl/N-ethyl adjacent to an activating group) is 1. The Morgan fingerprint density at radius 3 is 1.18 bits per heavy atom. The molecule has 2 N–H and O–H groups in total. The molecule has 0 aliphatic rings. The first-order chi connectivity index (χ1) is 38.4. The van der Waals surface area contributed by atoms with Crippen LogP contribution in [0.2, 0.25) is 0 Å². The van der Waals surface area contributed by atoms with Crippen molar-refractivity contribution in [3.05, 3.63) is 97.2 Å². The van der Waals surface area contributed by atoms with Crippen molar-refractivity contribution >= 4 is 19.7 Å². The number of carbonyl (C=O) groups excluding carboxylic acids is 2. The van der Waals surface area contributed by atoms with E-state index in [-0.39, 0.29) is 31.5 Å². The highest BCUT2D eigenvalue weighted by Gasteiger charge is 2.30. The second kappa shape index (κ2) is 58.1. The molecule has 0 radical (unpaired) electrons. The van der Waals surface area contributed by atoms with Crippen molar-refractivity contribution in [3.63, 3.8) is 0 Å². The molecule has 0 rings (SSSR count). The minimum absolute atomic E-state index is 0.0311. The number of esters is 1. The molecule has 0 saturated carbocycles. The molecule has 0 spiro atoms. The molecule has 3 unspecified atom stereocenters. The van der Waals surface area contributed by atoms with E-state index in [2.05, 4.69) is 111 Å². The smallest absolute Gasteiger partial charge is 0.456 e. The number of ether oxygens (including phenoxy) is 1. The quantitative estimate of drug-likeness (QED) is 0.0205. The summed E-state index contributed by atoms with van der Waals surface area (Å²) in [4.78, 5) is 37.8. The molecule has 3 atom stereocenters. The Morgan fingerprint density at radius 2 is 0.772 bits per heavy atom. The lowest BCUT2D eigenvalue weighted by Gasteiger charge is -2.27. The summed E-state index contributed by atoms with van der Waals surface area (Å²) >= 11 is 0. The Hall–Kier alpha value is -3.07. The van der Waals surface area contributed by atoms with E-state index in [9.17, 15) is 19.0 Å². The molecule has 79 heavy (non-hydrogen) atoms. The number of phosphoric ester groups is 1. The summed E-state index contributed by atoms with van der Waals surface area (Å²) in [6.07, 6.45) is 78.3. The van der Waals surface area contributed by atoms with Crippen LogP contribution in [0.1, 0.15) is 278 Å². The molecule has 10 heteroatoms. The van der Waals surface area contributed by atoms with Crippen LogP contribution in [0.15, 0.2) is 97.2 Å². The molecule has 0 fully saturated rings. The number of carbonyl (C=O) groups is 2. The van der Waals surface area contributed by atoms with Gasteiger partial charge in [-0.25, -0.2) is 4.57 Å². The highest BCUT2D eigenvalue weighted by molar-refractivity contribution is 7.47. The number of allylic oxidation sites excluding steroid dienone is 15. The van der Waals surface area contributed by atoms with Crippen molar-refractivity contribution in [2.24, 2.45) is 0 Å². The van der Waals surface area contributed by atoms with E-state index in [1.807, 2.05) is 33.3 Å². The standard InChI is InChI=1S/C69H123N2O7P/c1-7-10-13-16-19-22-25-27-29-31-33-34-35-36-38-39-41-43-46-49-52-55-58-61-68(72)70-66(65-77-79(74,75)76-64-63-71(4,5)6)67(60-57-54-51-48-45-24-21-18-15-12-9-3)78-69(73)62-59-56-53-50-47-44-42-40-37-32-30-28-26-23-20-17-14-11-8-2/h19-20,22-23,27-30,33-34,36-38,40,57,60,66-67H,7-18,21,24-26,31-32,35,39,41-56,58-59,61-65H2,1-6H3,(H-,70,72,74,75)/p+1/b22-19-,23-20-,29-27-,30-28-,34-33-,38-36-,40-37-,60-57-. The van der Waals surface area contributed by atoms with Gasteiger partial charge in [-0.05, 0) is 115 Å². The molecule has 456 valence electrons. The van der Waals surface area contributed by atoms with E-state index in [1.165, 1.54) is 128 Å². The summed E-state index contributed by atoms with van der Waals surface area (Å²) in [7, 11) is 1.47. The topological polar surface area (TPSA) is 111 Å². The molecule has 0 aliphatic heterocycles.